The van der Waals surface area contributed by atoms with Crippen molar-refractivity contribution in [1.82, 2.24) is 29.3 Å². The van der Waals surface area contributed by atoms with Gasteiger partial charge in [-0.3, -0.25) is 9.20 Å². The molecule has 0 spiro atoms. The molecular formula is C13H8N6OS. The Morgan fingerprint density at radius 3 is 3.05 bits per heavy atom. The van der Waals surface area contributed by atoms with Crippen molar-refractivity contribution in [2.45, 2.75) is 10.1 Å². The van der Waals surface area contributed by atoms with Crippen LogP contribution in [0.25, 0.3) is 16.8 Å². The number of aromatic nitrogens is 6. The van der Waals surface area contributed by atoms with E-state index in [0.717, 1.165) is 17.5 Å². The van der Waals surface area contributed by atoms with E-state index < -0.39 is 0 Å². The van der Waals surface area contributed by atoms with Crippen LogP contribution in [-0.4, -0.2) is 35.6 Å². The van der Waals surface area contributed by atoms with E-state index in [0.29, 0.717) is 21.4 Å². The number of H-pyrrole nitrogens is 1. The molecule has 7 nitrogen and oxygen atoms in total. The van der Waals surface area contributed by atoms with Crippen LogP contribution < -0.4 is 0 Å². The second-order valence-electron chi connectivity index (χ2n) is 4.23. The van der Waals surface area contributed by atoms with Crippen LogP contribution in [0.3, 0.4) is 0 Å². The molecule has 0 saturated heterocycles. The molecule has 0 unspecified atom stereocenters. The topological polar surface area (TPSA) is 88.8 Å². The number of hydrogen-bond donors (Lipinski definition) is 1. The molecule has 0 aliphatic heterocycles. The maximum absolute atomic E-state index is 11.4. The molecule has 0 atom stereocenters. The van der Waals surface area contributed by atoms with E-state index in [-0.39, 0.29) is 0 Å². The van der Waals surface area contributed by atoms with Crippen molar-refractivity contribution in [3.05, 3.63) is 42.7 Å². The summed E-state index contributed by atoms with van der Waals surface area (Å²) in [4.78, 5) is 31.2. The summed E-state index contributed by atoms with van der Waals surface area (Å²) in [6, 6.07) is 5.58. The predicted octanol–water partition coefficient (Wildman–Crippen LogP) is 1.96. The first-order chi connectivity index (χ1) is 10.4. The minimum atomic E-state index is 0.502. The molecule has 0 bridgehead atoms. The third-order valence-corrected chi connectivity index (χ3v) is 4.02. The number of aldehydes is 1. The summed E-state index contributed by atoms with van der Waals surface area (Å²) in [6.45, 7) is 0. The molecular weight excluding hydrogens is 288 g/mol. The number of carbonyl (C=O) groups excluding carboxylic acids is 1. The van der Waals surface area contributed by atoms with Crippen LogP contribution >= 0.6 is 11.8 Å². The molecule has 4 heterocycles. The van der Waals surface area contributed by atoms with Gasteiger partial charge in [-0.05, 0) is 23.9 Å². The van der Waals surface area contributed by atoms with Gasteiger partial charge in [0.1, 0.15) is 33.2 Å². The molecule has 0 fully saturated rings. The first kappa shape index (κ1) is 12.0. The van der Waals surface area contributed by atoms with E-state index in [1.54, 1.807) is 10.7 Å². The lowest BCUT2D eigenvalue weighted by atomic mass is 10.4. The SMILES string of the molecule is O=Cc1c(Sc2ncnc3nc[nH]c23)nc2ccccn12. The first-order valence-electron chi connectivity index (χ1n) is 6.11. The smallest absolute Gasteiger partial charge is 0.181 e. The zero-order valence-electron chi connectivity index (χ0n) is 10.6. The third-order valence-electron chi connectivity index (χ3n) is 3.03. The average Bonchev–Trinajstić information content (AvgIpc) is 3.11. The molecule has 4 aromatic heterocycles. The van der Waals surface area contributed by atoms with Crippen molar-refractivity contribution in [1.29, 1.82) is 0 Å². The van der Waals surface area contributed by atoms with Gasteiger partial charge in [-0.1, -0.05) is 6.07 Å². The Kier molecular flexibility index (Phi) is 2.68. The molecule has 0 radical (unpaired) electrons. The van der Waals surface area contributed by atoms with E-state index in [1.165, 1.54) is 18.1 Å². The van der Waals surface area contributed by atoms with Crippen molar-refractivity contribution in [3.8, 4) is 0 Å². The van der Waals surface area contributed by atoms with Crippen LogP contribution in [-0.2, 0) is 0 Å². The average molecular weight is 296 g/mol. The molecule has 4 aromatic rings. The van der Waals surface area contributed by atoms with Crippen molar-refractivity contribution < 1.29 is 4.79 Å². The fraction of sp³-hybridized carbons (Fsp3) is 0. The van der Waals surface area contributed by atoms with Crippen LogP contribution in [0.15, 0.2) is 47.1 Å². The highest BCUT2D eigenvalue weighted by Crippen LogP contribution is 2.31. The van der Waals surface area contributed by atoms with E-state index in [2.05, 4.69) is 24.9 Å². The monoisotopic (exact) mass is 296 g/mol. The highest BCUT2D eigenvalue weighted by molar-refractivity contribution is 7.99. The van der Waals surface area contributed by atoms with Crippen molar-refractivity contribution in [3.63, 3.8) is 0 Å². The Morgan fingerprint density at radius 2 is 2.14 bits per heavy atom. The largest absolute Gasteiger partial charge is 0.341 e. The molecule has 0 aliphatic rings. The van der Waals surface area contributed by atoms with Gasteiger partial charge in [0.05, 0.1) is 6.33 Å². The minimum Gasteiger partial charge on any atom is -0.341 e. The number of aromatic amines is 1. The fourth-order valence-electron chi connectivity index (χ4n) is 2.09. The molecule has 8 heteroatoms. The quantitative estimate of drug-likeness (QED) is 0.459. The maximum atomic E-state index is 11.4. The predicted molar refractivity (Wildman–Crippen MR) is 76.4 cm³/mol. The molecule has 0 aromatic carbocycles. The lowest BCUT2D eigenvalue weighted by molar-refractivity contribution is 0.111. The van der Waals surface area contributed by atoms with Gasteiger partial charge in [0.2, 0.25) is 0 Å². The summed E-state index contributed by atoms with van der Waals surface area (Å²) < 4.78 is 1.75. The highest BCUT2D eigenvalue weighted by Gasteiger charge is 2.15. The lowest BCUT2D eigenvalue weighted by Crippen LogP contribution is -1.91. The van der Waals surface area contributed by atoms with E-state index >= 15 is 0 Å². The van der Waals surface area contributed by atoms with Gasteiger partial charge in [-0.15, -0.1) is 0 Å². The number of carbonyl (C=O) groups is 1. The number of fused-ring (bicyclic) bond motifs is 2. The number of pyridine rings is 1. The highest BCUT2D eigenvalue weighted by atomic mass is 32.2. The normalized spacial score (nSPS) is 11.2. The van der Waals surface area contributed by atoms with E-state index in [9.17, 15) is 4.79 Å². The number of nitrogens with zero attached hydrogens (tertiary/aromatic N) is 5. The molecule has 102 valence electrons. The molecule has 1 N–H and O–H groups in total. The molecule has 0 saturated carbocycles. The Bertz CT molecular complexity index is 960. The van der Waals surface area contributed by atoms with Gasteiger partial charge >= 0.3 is 0 Å². The number of nitrogens with one attached hydrogen (secondary N) is 1. The van der Waals surface area contributed by atoms with Crippen LogP contribution in [0.1, 0.15) is 10.5 Å². The van der Waals surface area contributed by atoms with Gasteiger partial charge < -0.3 is 4.98 Å². The zero-order chi connectivity index (χ0) is 14.2. The molecule has 0 amide bonds. The van der Waals surface area contributed by atoms with E-state index in [4.69, 9.17) is 0 Å². The van der Waals surface area contributed by atoms with Crippen molar-refractivity contribution >= 4 is 34.9 Å². The van der Waals surface area contributed by atoms with Gasteiger partial charge in [0.25, 0.3) is 0 Å². The second-order valence-corrected chi connectivity index (χ2v) is 5.21. The Balaban J connectivity index is 1.87. The van der Waals surface area contributed by atoms with Crippen molar-refractivity contribution in [2.75, 3.05) is 0 Å². The third kappa shape index (κ3) is 1.88. The summed E-state index contributed by atoms with van der Waals surface area (Å²) in [5, 5.41) is 1.29. The Hall–Kier alpha value is -2.74. The molecule has 0 aliphatic carbocycles. The fourth-order valence-corrected chi connectivity index (χ4v) is 3.01. The van der Waals surface area contributed by atoms with Gasteiger partial charge in [-0.25, -0.2) is 19.9 Å². The van der Waals surface area contributed by atoms with Gasteiger partial charge in [0.15, 0.2) is 11.9 Å². The van der Waals surface area contributed by atoms with Crippen molar-refractivity contribution in [2.24, 2.45) is 0 Å². The number of rotatable bonds is 3. The summed E-state index contributed by atoms with van der Waals surface area (Å²) >= 11 is 1.31. The van der Waals surface area contributed by atoms with Crippen LogP contribution in [0, 0.1) is 0 Å². The van der Waals surface area contributed by atoms with Gasteiger partial charge in [-0.2, -0.15) is 0 Å². The standard InChI is InChI=1S/C13H8N6OS/c20-5-8-12(18-9-3-1-2-4-19(8)9)21-13-10-11(15-6-14-10)16-7-17-13/h1-7H,(H,14,15,16,17). The van der Waals surface area contributed by atoms with Crippen LogP contribution in [0.4, 0.5) is 0 Å². The summed E-state index contributed by atoms with van der Waals surface area (Å²) in [5.74, 6) is 0. The Labute approximate surface area is 122 Å². The molecule has 4 rings (SSSR count). The minimum absolute atomic E-state index is 0.502. The summed E-state index contributed by atoms with van der Waals surface area (Å²) in [6.07, 6.45) is 5.62. The van der Waals surface area contributed by atoms with E-state index in [1.807, 2.05) is 24.4 Å². The zero-order valence-corrected chi connectivity index (χ0v) is 11.4. The summed E-state index contributed by atoms with van der Waals surface area (Å²) in [5.41, 5.74) is 2.54. The summed E-state index contributed by atoms with van der Waals surface area (Å²) in [7, 11) is 0. The van der Waals surface area contributed by atoms with Crippen LogP contribution in [0.2, 0.25) is 0 Å². The lowest BCUT2D eigenvalue weighted by Gasteiger charge is -1.99. The number of hydrogen-bond acceptors (Lipinski definition) is 6. The second kappa shape index (κ2) is 4.67. The Morgan fingerprint density at radius 1 is 1.19 bits per heavy atom. The van der Waals surface area contributed by atoms with Gasteiger partial charge in [0, 0.05) is 6.20 Å². The molecule has 21 heavy (non-hydrogen) atoms. The maximum Gasteiger partial charge on any atom is 0.181 e. The van der Waals surface area contributed by atoms with Crippen LogP contribution in [0.5, 0.6) is 0 Å². The first-order valence-corrected chi connectivity index (χ1v) is 6.92. The number of imidazole rings is 2.